The molecule has 0 radical (unpaired) electrons. The maximum Gasteiger partial charge on any atom is 0.226 e. The predicted octanol–water partition coefficient (Wildman–Crippen LogP) is 1.87. The van der Waals surface area contributed by atoms with Gasteiger partial charge in [-0.1, -0.05) is 18.2 Å². The number of nitrogens with zero attached hydrogens (tertiary/aromatic N) is 3. The normalized spacial score (nSPS) is 24.4. The molecule has 0 bridgehead atoms. The second kappa shape index (κ2) is 8.54. The van der Waals surface area contributed by atoms with Crippen LogP contribution in [0.3, 0.4) is 0 Å². The lowest BCUT2D eigenvalue weighted by Gasteiger charge is -2.43. The summed E-state index contributed by atoms with van der Waals surface area (Å²) in [5, 5.41) is 3.35. The number of amides is 2. The van der Waals surface area contributed by atoms with Gasteiger partial charge in [0.1, 0.15) is 5.75 Å². The van der Waals surface area contributed by atoms with Crippen LogP contribution in [0.4, 0.5) is 0 Å². The molecule has 4 heterocycles. The van der Waals surface area contributed by atoms with Crippen molar-refractivity contribution in [3.05, 3.63) is 59.9 Å². The van der Waals surface area contributed by atoms with Crippen molar-refractivity contribution in [2.75, 3.05) is 33.3 Å². The fourth-order valence-electron chi connectivity index (χ4n) is 5.74. The van der Waals surface area contributed by atoms with E-state index in [0.29, 0.717) is 25.4 Å². The number of hydrogen-bond donors (Lipinski definition) is 1. The Morgan fingerprint density at radius 3 is 2.75 bits per heavy atom. The first kappa shape index (κ1) is 20.9. The molecule has 7 nitrogen and oxygen atoms in total. The molecular weight excluding hydrogens is 404 g/mol. The van der Waals surface area contributed by atoms with Crippen LogP contribution in [0.15, 0.2) is 48.8 Å². The number of aromatic nitrogens is 1. The molecule has 1 N–H and O–H groups in total. The third kappa shape index (κ3) is 3.97. The molecule has 1 aromatic heterocycles. The maximum atomic E-state index is 12.9. The maximum absolute atomic E-state index is 12.9. The second-order valence-electron chi connectivity index (χ2n) is 9.32. The van der Waals surface area contributed by atoms with E-state index in [1.807, 2.05) is 41.4 Å². The Kier molecular flexibility index (Phi) is 5.59. The number of nitrogens with one attached hydrogen (secondary N) is 1. The molecule has 3 saturated heterocycles. The van der Waals surface area contributed by atoms with E-state index in [1.54, 1.807) is 13.3 Å². The molecule has 0 unspecified atom stereocenters. The number of piperidine rings is 1. The molecule has 32 heavy (non-hydrogen) atoms. The molecule has 3 aliphatic heterocycles. The number of likely N-dealkylation sites (tertiary alicyclic amines) is 2. The molecule has 2 atom stereocenters. The van der Waals surface area contributed by atoms with Crippen molar-refractivity contribution in [1.82, 2.24) is 20.1 Å². The Hall–Kier alpha value is -2.93. The molecule has 3 fully saturated rings. The number of pyridine rings is 1. The Morgan fingerprint density at radius 2 is 2.00 bits per heavy atom. The summed E-state index contributed by atoms with van der Waals surface area (Å²) in [5.41, 5.74) is 1.96. The van der Waals surface area contributed by atoms with Crippen LogP contribution in [0, 0.1) is 11.8 Å². The van der Waals surface area contributed by atoms with Crippen molar-refractivity contribution in [3.8, 4) is 5.75 Å². The Balaban J connectivity index is 1.21. The largest absolute Gasteiger partial charge is 0.497 e. The highest BCUT2D eigenvalue weighted by molar-refractivity contribution is 5.84. The van der Waals surface area contributed by atoms with E-state index in [9.17, 15) is 9.59 Å². The molecular formula is C25H30N4O3. The van der Waals surface area contributed by atoms with Crippen LogP contribution in [-0.2, 0) is 22.6 Å². The topological polar surface area (TPSA) is 74.8 Å². The zero-order valence-corrected chi connectivity index (χ0v) is 18.5. The van der Waals surface area contributed by atoms with Crippen molar-refractivity contribution >= 4 is 11.8 Å². The van der Waals surface area contributed by atoms with Crippen LogP contribution in [0.1, 0.15) is 24.0 Å². The zero-order valence-electron chi connectivity index (χ0n) is 18.5. The number of carbonyl (C=O) groups excluding carboxylic acids is 2. The van der Waals surface area contributed by atoms with E-state index in [1.165, 1.54) is 5.56 Å². The summed E-state index contributed by atoms with van der Waals surface area (Å²) in [7, 11) is 1.63. The van der Waals surface area contributed by atoms with Crippen molar-refractivity contribution < 1.29 is 14.3 Å². The Bertz CT molecular complexity index is 988. The zero-order chi connectivity index (χ0) is 22.1. The fourth-order valence-corrected chi connectivity index (χ4v) is 5.74. The van der Waals surface area contributed by atoms with Gasteiger partial charge < -0.3 is 15.0 Å². The number of carbonyl (C=O) groups is 2. The van der Waals surface area contributed by atoms with E-state index in [4.69, 9.17) is 4.74 Å². The van der Waals surface area contributed by atoms with Crippen molar-refractivity contribution in [2.24, 2.45) is 11.8 Å². The third-order valence-corrected chi connectivity index (χ3v) is 7.44. The predicted molar refractivity (Wildman–Crippen MR) is 120 cm³/mol. The van der Waals surface area contributed by atoms with Gasteiger partial charge in [-0.2, -0.15) is 0 Å². The SMILES string of the molecule is COc1cccc(CC(=O)N2CCC3(CC2)NC(=O)[C@H]2CN(Cc4cccnc4)C[C@H]23)c1. The van der Waals surface area contributed by atoms with E-state index < -0.39 is 0 Å². The lowest BCUT2D eigenvalue weighted by molar-refractivity contribution is -0.132. The summed E-state index contributed by atoms with van der Waals surface area (Å²) in [6.07, 6.45) is 5.71. The molecule has 1 aromatic carbocycles. The number of rotatable bonds is 5. The smallest absolute Gasteiger partial charge is 0.226 e. The molecule has 3 aliphatic rings. The quantitative estimate of drug-likeness (QED) is 0.778. The molecule has 0 saturated carbocycles. The minimum atomic E-state index is -0.182. The molecule has 168 valence electrons. The molecule has 2 aromatic rings. The standard InChI is InChI=1S/C25H30N4O3/c1-32-20-6-2-4-18(12-20)13-23(30)29-10-7-25(8-11-29)22-17-28(16-21(22)24(31)27-25)15-19-5-3-9-26-14-19/h2-6,9,12,14,21-22H,7-8,10-11,13,15-17H2,1H3,(H,27,31)/t21-,22+/m0/s1. The van der Waals surface area contributed by atoms with Gasteiger partial charge in [0.25, 0.3) is 0 Å². The lowest BCUT2D eigenvalue weighted by atomic mass is 9.75. The number of hydrogen-bond acceptors (Lipinski definition) is 5. The summed E-state index contributed by atoms with van der Waals surface area (Å²) in [6, 6.07) is 11.7. The van der Waals surface area contributed by atoms with Gasteiger partial charge in [0.2, 0.25) is 11.8 Å². The van der Waals surface area contributed by atoms with Gasteiger partial charge in [0, 0.05) is 56.6 Å². The number of methoxy groups -OCH3 is 1. The first-order valence-electron chi connectivity index (χ1n) is 11.4. The van der Waals surface area contributed by atoms with Gasteiger partial charge >= 0.3 is 0 Å². The van der Waals surface area contributed by atoms with Crippen molar-refractivity contribution in [1.29, 1.82) is 0 Å². The van der Waals surface area contributed by atoms with E-state index >= 15 is 0 Å². The van der Waals surface area contributed by atoms with Gasteiger partial charge in [-0.05, 0) is 42.2 Å². The molecule has 1 spiro atoms. The minimum Gasteiger partial charge on any atom is -0.497 e. The van der Waals surface area contributed by atoms with E-state index in [-0.39, 0.29) is 23.3 Å². The number of fused-ring (bicyclic) bond motifs is 2. The third-order valence-electron chi connectivity index (χ3n) is 7.44. The molecule has 5 rings (SSSR count). The van der Waals surface area contributed by atoms with Crippen LogP contribution in [0.25, 0.3) is 0 Å². The van der Waals surface area contributed by atoms with Gasteiger partial charge in [0.15, 0.2) is 0 Å². The summed E-state index contributed by atoms with van der Waals surface area (Å²) in [4.78, 5) is 34.2. The summed E-state index contributed by atoms with van der Waals surface area (Å²) < 4.78 is 5.27. The minimum absolute atomic E-state index is 0.0470. The summed E-state index contributed by atoms with van der Waals surface area (Å²) in [6.45, 7) is 3.92. The van der Waals surface area contributed by atoms with Crippen LogP contribution in [0.2, 0.25) is 0 Å². The van der Waals surface area contributed by atoms with E-state index in [2.05, 4.69) is 21.3 Å². The summed E-state index contributed by atoms with van der Waals surface area (Å²) >= 11 is 0. The van der Waals surface area contributed by atoms with Crippen LogP contribution in [0.5, 0.6) is 5.75 Å². The average molecular weight is 435 g/mol. The fraction of sp³-hybridized carbons (Fsp3) is 0.480. The second-order valence-corrected chi connectivity index (χ2v) is 9.32. The van der Waals surface area contributed by atoms with Gasteiger partial charge in [0.05, 0.1) is 19.4 Å². The van der Waals surface area contributed by atoms with Crippen molar-refractivity contribution in [3.63, 3.8) is 0 Å². The first-order chi connectivity index (χ1) is 15.6. The highest BCUT2D eigenvalue weighted by Crippen LogP contribution is 2.44. The molecule has 7 heteroatoms. The highest BCUT2D eigenvalue weighted by atomic mass is 16.5. The Labute approximate surface area is 188 Å². The van der Waals surface area contributed by atoms with E-state index in [0.717, 1.165) is 43.8 Å². The van der Waals surface area contributed by atoms with Gasteiger partial charge in [-0.3, -0.25) is 19.5 Å². The average Bonchev–Trinajstić information content (AvgIpc) is 3.34. The van der Waals surface area contributed by atoms with Crippen molar-refractivity contribution in [2.45, 2.75) is 31.3 Å². The van der Waals surface area contributed by atoms with Crippen LogP contribution >= 0.6 is 0 Å². The highest BCUT2D eigenvalue weighted by Gasteiger charge is 2.57. The van der Waals surface area contributed by atoms with Gasteiger partial charge in [-0.15, -0.1) is 0 Å². The molecule has 2 amide bonds. The van der Waals surface area contributed by atoms with Crippen LogP contribution in [-0.4, -0.2) is 65.4 Å². The van der Waals surface area contributed by atoms with Crippen LogP contribution < -0.4 is 10.1 Å². The first-order valence-corrected chi connectivity index (χ1v) is 11.4. The van der Waals surface area contributed by atoms with Gasteiger partial charge in [-0.25, -0.2) is 0 Å². The Morgan fingerprint density at radius 1 is 1.19 bits per heavy atom. The number of benzene rings is 1. The monoisotopic (exact) mass is 434 g/mol. The summed E-state index contributed by atoms with van der Waals surface area (Å²) in [5.74, 6) is 1.44. The molecule has 0 aliphatic carbocycles. The number of ether oxygens (including phenoxy) is 1. The lowest BCUT2D eigenvalue weighted by Crippen LogP contribution is -2.56.